The summed E-state index contributed by atoms with van der Waals surface area (Å²) in [5.74, 6) is -2.90. The summed E-state index contributed by atoms with van der Waals surface area (Å²) in [5.41, 5.74) is 13.0. The third kappa shape index (κ3) is 34.7. The zero-order valence-electron chi connectivity index (χ0n) is 55.4. The molecule has 1 aromatic carbocycles. The number of methoxy groups -OCH3 is 3. The third-order valence-corrected chi connectivity index (χ3v) is 12.0. The van der Waals surface area contributed by atoms with Crippen molar-refractivity contribution < 1.29 is 131 Å². The van der Waals surface area contributed by atoms with Gasteiger partial charge in [0, 0.05) is 39.3 Å². The molecule has 0 bridgehead atoms. The van der Waals surface area contributed by atoms with Gasteiger partial charge in [-0.3, -0.25) is 14.5 Å². The molecule has 0 spiro atoms. The van der Waals surface area contributed by atoms with Gasteiger partial charge in [-0.15, -0.1) is 0 Å². The first-order valence-corrected chi connectivity index (χ1v) is 28.9. The number of hydrogen-bond acceptors (Lipinski definition) is 28. The SMILES string of the molecule is CC(C)(C)OC(=O)N1C[C@@H](O)[C@H](O)C1.COCO[C@@H]1CN(C(=O)OC(C)(C)C)C[C@@H]1N.COCO[C@@H]1CN(C(=O)OC(C)(C)C)C[C@@H]1N=[N+]=[N-].COCO[C@@H]1CN(C(=O)OC(C)(C)C)C[C@H]1O.O=C(O)[C@@H](O)CO.O=C1[C@@H](O)[C@H](O)C(=O)N1Cc1ccccc1.O=C=O. The van der Waals surface area contributed by atoms with Crippen LogP contribution in [0.25, 0.3) is 10.4 Å². The lowest BCUT2D eigenvalue weighted by atomic mass is 10.2. The van der Waals surface area contributed by atoms with Crippen molar-refractivity contribution in [2.75, 3.05) is 101 Å². The van der Waals surface area contributed by atoms with E-state index in [1.165, 1.54) is 28.9 Å². The molecule has 6 amide bonds. The molecule has 0 aromatic heterocycles. The summed E-state index contributed by atoms with van der Waals surface area (Å²) in [6, 6.07) is 8.29. The summed E-state index contributed by atoms with van der Waals surface area (Å²) in [6.07, 6.45) is -9.73. The van der Waals surface area contributed by atoms with E-state index in [1.807, 2.05) is 26.8 Å². The Morgan fingerprint density at radius 1 is 0.581 bits per heavy atom. The minimum atomic E-state index is -1.63. The maximum Gasteiger partial charge on any atom is 0.410 e. The monoisotopic (exact) mass is 1340 g/mol. The molecule has 10 N–H and O–H groups in total. The van der Waals surface area contributed by atoms with Gasteiger partial charge in [0.1, 0.15) is 48.9 Å². The van der Waals surface area contributed by atoms with Gasteiger partial charge in [-0.25, -0.2) is 24.0 Å². The number of ether oxygens (including phenoxy) is 10. The van der Waals surface area contributed by atoms with E-state index in [4.69, 9.17) is 83.5 Å². The number of likely N-dealkylation sites (tertiary alicyclic amines) is 5. The Labute approximate surface area is 539 Å². The molecule has 5 fully saturated rings. The van der Waals surface area contributed by atoms with Crippen LogP contribution in [0.2, 0.25) is 0 Å². The number of carboxylic acids is 1. The fraction of sp³-hybridized carbons (Fsp3) is 0.754. The van der Waals surface area contributed by atoms with Crippen LogP contribution in [0.15, 0.2) is 35.4 Å². The molecule has 93 heavy (non-hydrogen) atoms. The first-order chi connectivity index (χ1) is 43.0. The van der Waals surface area contributed by atoms with Crippen LogP contribution in [0.5, 0.6) is 0 Å². The Morgan fingerprint density at radius 3 is 1.27 bits per heavy atom. The highest BCUT2D eigenvalue weighted by Crippen LogP contribution is 2.23. The molecule has 36 heteroatoms. The molecule has 5 heterocycles. The summed E-state index contributed by atoms with van der Waals surface area (Å²) in [4.78, 5) is 105. The summed E-state index contributed by atoms with van der Waals surface area (Å²) < 4.78 is 51.2. The minimum absolute atomic E-state index is 0.0760. The van der Waals surface area contributed by atoms with Crippen LogP contribution in [-0.4, -0.2) is 304 Å². The molecule has 0 unspecified atom stereocenters. The van der Waals surface area contributed by atoms with E-state index in [0.717, 1.165) is 10.5 Å². The fourth-order valence-electron chi connectivity index (χ4n) is 7.83. The smallest absolute Gasteiger partial charge is 0.410 e. The maximum absolute atomic E-state index is 11.9. The quantitative estimate of drug-likeness (QED) is 0.0298. The van der Waals surface area contributed by atoms with E-state index in [2.05, 4.69) is 10.0 Å². The second-order valence-corrected chi connectivity index (χ2v) is 24.8. The van der Waals surface area contributed by atoms with E-state index in [1.54, 1.807) is 98.6 Å². The Hall–Kier alpha value is -6.96. The Bertz CT molecular complexity index is 2430. The molecular weight excluding hydrogens is 1240 g/mol. The predicted octanol–water partition coefficient (Wildman–Crippen LogP) is 0.123. The molecule has 532 valence electrons. The molecule has 6 rings (SSSR count). The number of nitrogens with two attached hydrogens (primary N) is 1. The number of aliphatic carboxylic acids is 1. The van der Waals surface area contributed by atoms with Gasteiger partial charge in [-0.2, -0.15) is 9.59 Å². The highest BCUT2D eigenvalue weighted by Gasteiger charge is 2.46. The van der Waals surface area contributed by atoms with Gasteiger partial charge < -0.3 is 114 Å². The predicted molar refractivity (Wildman–Crippen MR) is 320 cm³/mol. The van der Waals surface area contributed by atoms with Gasteiger partial charge in [0.25, 0.3) is 11.8 Å². The number of hydrogen-bond donors (Lipinski definition) is 9. The Kier molecular flexibility index (Phi) is 38.6. The lowest BCUT2D eigenvalue weighted by Crippen LogP contribution is -2.37. The number of aliphatic hydroxyl groups is 7. The van der Waals surface area contributed by atoms with E-state index < -0.39 is 114 Å². The molecule has 36 nitrogen and oxygen atoms in total. The van der Waals surface area contributed by atoms with Gasteiger partial charge in [0.15, 0.2) is 18.3 Å². The van der Waals surface area contributed by atoms with Crippen molar-refractivity contribution in [3.05, 3.63) is 46.3 Å². The van der Waals surface area contributed by atoms with Gasteiger partial charge >= 0.3 is 36.5 Å². The fourth-order valence-corrected chi connectivity index (χ4v) is 7.83. The van der Waals surface area contributed by atoms with E-state index in [0.29, 0.717) is 26.2 Å². The normalized spacial score (nSPS) is 23.5. The number of nitrogens with zero attached hydrogens (tertiary/aromatic N) is 8. The summed E-state index contributed by atoms with van der Waals surface area (Å²) in [5, 5.41) is 74.0. The van der Waals surface area contributed by atoms with Gasteiger partial charge in [-0.1, -0.05) is 35.4 Å². The first-order valence-electron chi connectivity index (χ1n) is 28.9. The van der Waals surface area contributed by atoms with Crippen LogP contribution in [0.1, 0.15) is 88.6 Å². The number of rotatable bonds is 14. The average Bonchev–Trinajstić information content (AvgIpc) is 1.70. The second kappa shape index (κ2) is 41.7. The lowest BCUT2D eigenvalue weighted by Gasteiger charge is -2.24. The summed E-state index contributed by atoms with van der Waals surface area (Å²) in [6.45, 7) is 23.6. The average molecular weight is 1340 g/mol. The van der Waals surface area contributed by atoms with Crippen molar-refractivity contribution in [3.8, 4) is 0 Å². The van der Waals surface area contributed by atoms with Crippen molar-refractivity contribution in [1.29, 1.82) is 0 Å². The Morgan fingerprint density at radius 2 is 0.914 bits per heavy atom. The molecule has 0 radical (unpaired) electrons. The van der Waals surface area contributed by atoms with Crippen molar-refractivity contribution in [2.45, 2.75) is 179 Å². The van der Waals surface area contributed by atoms with Crippen LogP contribution in [-0.2, 0) is 77.9 Å². The zero-order valence-corrected chi connectivity index (χ0v) is 55.4. The molecule has 5 saturated heterocycles. The van der Waals surface area contributed by atoms with E-state index in [9.17, 15) is 59.1 Å². The highest BCUT2D eigenvalue weighted by molar-refractivity contribution is 6.07. The van der Waals surface area contributed by atoms with E-state index >= 15 is 0 Å². The van der Waals surface area contributed by atoms with Gasteiger partial charge in [0.2, 0.25) is 0 Å². The van der Waals surface area contributed by atoms with Crippen LogP contribution in [0.3, 0.4) is 0 Å². The van der Waals surface area contributed by atoms with Crippen molar-refractivity contribution in [3.63, 3.8) is 0 Å². The zero-order chi connectivity index (χ0) is 71.8. The summed E-state index contributed by atoms with van der Waals surface area (Å²) >= 11 is 0. The lowest BCUT2D eigenvalue weighted by molar-refractivity contribution is -0.191. The van der Waals surface area contributed by atoms with Crippen molar-refractivity contribution in [2.24, 2.45) is 10.8 Å². The highest BCUT2D eigenvalue weighted by atomic mass is 16.7. The number of benzene rings is 1. The van der Waals surface area contributed by atoms with Gasteiger partial charge in [-0.05, 0) is 94.2 Å². The third-order valence-electron chi connectivity index (χ3n) is 12.0. The van der Waals surface area contributed by atoms with E-state index in [-0.39, 0.29) is 83.6 Å². The molecule has 0 aliphatic carbocycles. The number of aliphatic hydroxyl groups excluding tert-OH is 7. The molecular formula is C57H97N9O27. The molecule has 1 aromatic rings. The van der Waals surface area contributed by atoms with Crippen molar-refractivity contribution >= 4 is 48.3 Å². The maximum atomic E-state index is 11.9. The number of β-amino-alcohol motifs (C(OH)–C–C–N with tert-alkyl or cyclic N) is 3. The number of carbonyl (C=O) groups is 7. The number of carboxylic acid groups (broad SMARTS) is 1. The Balaban J connectivity index is 0.00000110. The van der Waals surface area contributed by atoms with Crippen LogP contribution in [0.4, 0.5) is 19.2 Å². The largest absolute Gasteiger partial charge is 0.479 e. The second-order valence-electron chi connectivity index (χ2n) is 24.8. The molecule has 0 saturated carbocycles. The molecule has 5 aliphatic rings. The standard InChI is InChI=1S/C11H20N4O4.C11H22N2O4.C11H21NO5.C11H11NO4.C9H17NO4.C3H6O4.CO2/c1-11(2,3)19-10(16)15-5-8(13-14-12)9(6-15)18-7-17-4;1-11(2,3)17-10(14)13-5-8(12)9(6-13)16-7-15-4;1-11(2,3)17-10(14)12-5-8(13)9(6-12)16-7-15-4;13-8-9(14)11(16)12(10(8)15)6-7-4-2-1-3-5-7;1-9(2,3)14-8(13)10-4-6(11)7(12)5-10;4-1-2(5)3(6)7;2-1-3/h8-9H,5-7H2,1-4H3;8-9H,5-7,12H2,1-4H3;8-9,13H,5-7H2,1-4H3;1-5,8-9,13-14H,6H2;6-7,11-12H,4-5H2,1-3H3;2,4-5H,1H2,(H,6,7);/t2*8-,9+;2*8-,9-;6-,7-;2-;/m001010./s1. The molecule has 5 aliphatic heterocycles. The minimum Gasteiger partial charge on any atom is -0.479 e. The topological polar surface area (TPSA) is 499 Å². The summed E-state index contributed by atoms with van der Waals surface area (Å²) in [7, 11) is 4.56. The number of carbonyl (C=O) groups excluding carboxylic acids is 8. The van der Waals surface area contributed by atoms with Crippen LogP contribution >= 0.6 is 0 Å². The van der Waals surface area contributed by atoms with Crippen LogP contribution in [0, 0.1) is 0 Å². The number of amides is 6. The number of imide groups is 1. The van der Waals surface area contributed by atoms with Crippen molar-refractivity contribution in [1.82, 2.24) is 24.5 Å². The van der Waals surface area contributed by atoms with Gasteiger partial charge in [0.05, 0.1) is 95.0 Å². The number of azide groups is 1. The first kappa shape index (κ1) is 86.0. The molecule has 11 atom stereocenters. The van der Waals surface area contributed by atoms with Crippen LogP contribution < -0.4 is 5.73 Å².